The van der Waals surface area contributed by atoms with Crippen molar-refractivity contribution in [3.05, 3.63) is 35.3 Å². The van der Waals surface area contributed by atoms with Crippen LogP contribution in [0, 0.1) is 13.8 Å². The Morgan fingerprint density at radius 3 is 2.80 bits per heavy atom. The molecule has 0 saturated carbocycles. The zero-order valence-electron chi connectivity index (χ0n) is 15.1. The molecule has 1 N–H and O–H groups in total. The summed E-state index contributed by atoms with van der Waals surface area (Å²) in [5.41, 5.74) is 3.28. The van der Waals surface area contributed by atoms with Crippen LogP contribution < -0.4 is 9.80 Å². The van der Waals surface area contributed by atoms with Gasteiger partial charge in [0.05, 0.1) is 37.4 Å². The number of aryl methyl sites for hydroxylation is 2. The lowest BCUT2D eigenvalue weighted by Crippen LogP contribution is -3.06. The second kappa shape index (κ2) is 7.41. The van der Waals surface area contributed by atoms with Crippen LogP contribution in [0.3, 0.4) is 0 Å². The van der Waals surface area contributed by atoms with Crippen LogP contribution in [0.2, 0.25) is 0 Å². The van der Waals surface area contributed by atoms with Gasteiger partial charge in [0.25, 0.3) is 5.91 Å². The van der Waals surface area contributed by atoms with Gasteiger partial charge in [0.2, 0.25) is 5.76 Å². The minimum Gasteiger partial charge on any atom is -0.494 e. The highest BCUT2D eigenvalue weighted by Crippen LogP contribution is 2.32. The number of aromatic nitrogens is 1. The van der Waals surface area contributed by atoms with Crippen molar-refractivity contribution < 1.29 is 19.2 Å². The first-order valence-corrected chi connectivity index (χ1v) is 9.20. The van der Waals surface area contributed by atoms with E-state index in [1.54, 1.807) is 16.2 Å². The van der Waals surface area contributed by atoms with Gasteiger partial charge in [-0.25, -0.2) is 4.98 Å². The van der Waals surface area contributed by atoms with E-state index in [-0.39, 0.29) is 11.7 Å². The van der Waals surface area contributed by atoms with Gasteiger partial charge in [-0.2, -0.15) is 0 Å². The maximum atomic E-state index is 12.9. The highest BCUT2D eigenvalue weighted by molar-refractivity contribution is 7.22. The number of anilines is 1. The van der Waals surface area contributed by atoms with Crippen LogP contribution >= 0.6 is 11.3 Å². The molecule has 6 nitrogen and oxygen atoms in total. The van der Waals surface area contributed by atoms with Crippen molar-refractivity contribution in [3.63, 3.8) is 0 Å². The minimum absolute atomic E-state index is 0.200. The second-order valence-electron chi connectivity index (χ2n) is 6.54. The number of nitrogens with zero attached hydrogens (tertiary/aromatic N) is 2. The third-order valence-electron chi connectivity index (χ3n) is 3.98. The molecule has 0 radical (unpaired) electrons. The van der Waals surface area contributed by atoms with Crippen LogP contribution in [0.25, 0.3) is 10.2 Å². The molecule has 0 fully saturated rings. The molecule has 1 aromatic carbocycles. The van der Waals surface area contributed by atoms with E-state index in [0.717, 1.165) is 16.8 Å². The summed E-state index contributed by atoms with van der Waals surface area (Å²) in [7, 11) is 4.13. The van der Waals surface area contributed by atoms with Gasteiger partial charge < -0.3 is 14.4 Å². The number of thiazole rings is 1. The van der Waals surface area contributed by atoms with Crippen molar-refractivity contribution in [1.82, 2.24) is 4.98 Å². The maximum absolute atomic E-state index is 12.9. The number of rotatable bonds is 5. The maximum Gasteiger partial charge on any atom is 0.298 e. The third-order valence-corrected chi connectivity index (χ3v) is 5.21. The van der Waals surface area contributed by atoms with Gasteiger partial charge in [0.1, 0.15) is 19.5 Å². The molecule has 1 aliphatic rings. The van der Waals surface area contributed by atoms with Crippen molar-refractivity contribution in [2.75, 3.05) is 45.3 Å². The van der Waals surface area contributed by atoms with Crippen LogP contribution in [0.4, 0.5) is 5.13 Å². The fraction of sp³-hybridized carbons (Fsp3) is 0.444. The molecule has 0 saturated heterocycles. The first-order chi connectivity index (χ1) is 12.0. The Hall–Kier alpha value is -2.12. The van der Waals surface area contributed by atoms with Crippen molar-refractivity contribution in [2.45, 2.75) is 13.8 Å². The van der Waals surface area contributed by atoms with Crippen LogP contribution in [-0.4, -0.2) is 51.3 Å². The van der Waals surface area contributed by atoms with Crippen LogP contribution in [0.1, 0.15) is 11.1 Å². The van der Waals surface area contributed by atoms with E-state index in [9.17, 15) is 4.79 Å². The number of carbonyl (C=O) groups is 1. The summed E-state index contributed by atoms with van der Waals surface area (Å²) in [5.74, 6) is 0.0431. The van der Waals surface area contributed by atoms with Crippen molar-refractivity contribution in [2.24, 2.45) is 0 Å². The van der Waals surface area contributed by atoms with E-state index in [1.807, 2.05) is 0 Å². The third kappa shape index (κ3) is 3.93. The molecule has 3 rings (SSSR count). The largest absolute Gasteiger partial charge is 0.494 e. The van der Waals surface area contributed by atoms with E-state index >= 15 is 0 Å². The normalized spacial score (nSPS) is 14.2. The molecule has 2 aromatic rings. The number of quaternary nitrogens is 1. The lowest BCUT2D eigenvalue weighted by molar-refractivity contribution is -0.856. The topological polar surface area (TPSA) is 56.1 Å². The fourth-order valence-electron chi connectivity index (χ4n) is 2.71. The number of amides is 1. The van der Waals surface area contributed by atoms with E-state index in [0.29, 0.717) is 24.9 Å². The molecular weight excluding hydrogens is 338 g/mol. The number of hydrogen-bond donors (Lipinski definition) is 1. The van der Waals surface area contributed by atoms with Gasteiger partial charge in [-0.1, -0.05) is 17.4 Å². The molecule has 0 unspecified atom stereocenters. The zero-order valence-corrected chi connectivity index (χ0v) is 15.9. The average molecular weight is 362 g/mol. The number of nitrogens with one attached hydrogen (secondary N) is 1. The van der Waals surface area contributed by atoms with Crippen LogP contribution in [0.5, 0.6) is 0 Å². The molecule has 0 spiro atoms. The molecule has 1 amide bonds. The summed E-state index contributed by atoms with van der Waals surface area (Å²) >= 11 is 1.55. The number of hydrogen-bond acceptors (Lipinski definition) is 5. The van der Waals surface area contributed by atoms with Gasteiger partial charge in [-0.15, -0.1) is 0 Å². The Morgan fingerprint density at radius 2 is 2.12 bits per heavy atom. The summed E-state index contributed by atoms with van der Waals surface area (Å²) < 4.78 is 11.8. The Bertz CT molecular complexity index is 813. The molecule has 1 aromatic heterocycles. The second-order valence-corrected chi connectivity index (χ2v) is 7.52. The predicted octanol–water partition coefficient (Wildman–Crippen LogP) is 1.28. The summed E-state index contributed by atoms with van der Waals surface area (Å²) in [6.45, 7) is 6.38. The van der Waals surface area contributed by atoms with E-state index in [1.165, 1.54) is 22.3 Å². The lowest BCUT2D eigenvalue weighted by atomic mass is 10.1. The van der Waals surface area contributed by atoms with Gasteiger partial charge in [-0.3, -0.25) is 9.69 Å². The van der Waals surface area contributed by atoms with Gasteiger partial charge >= 0.3 is 0 Å². The Morgan fingerprint density at radius 1 is 1.32 bits per heavy atom. The smallest absolute Gasteiger partial charge is 0.298 e. The molecule has 0 aliphatic carbocycles. The summed E-state index contributed by atoms with van der Waals surface area (Å²) in [5, 5.41) is 0.699. The fourth-order valence-corrected chi connectivity index (χ4v) is 3.75. The average Bonchev–Trinajstić information content (AvgIpc) is 2.99. The molecule has 0 atom stereocenters. The molecule has 134 valence electrons. The first kappa shape index (κ1) is 17.7. The number of likely N-dealkylation sites (N-methyl/N-ethyl adjacent to an activating group) is 1. The monoisotopic (exact) mass is 362 g/mol. The Labute approximate surface area is 151 Å². The van der Waals surface area contributed by atoms with Crippen molar-refractivity contribution in [1.29, 1.82) is 0 Å². The van der Waals surface area contributed by atoms with Crippen molar-refractivity contribution in [3.8, 4) is 0 Å². The van der Waals surface area contributed by atoms with Gasteiger partial charge in [0.15, 0.2) is 5.13 Å². The summed E-state index contributed by atoms with van der Waals surface area (Å²) in [6, 6.07) is 4.20. The van der Waals surface area contributed by atoms with Gasteiger partial charge in [-0.05, 0) is 31.0 Å². The lowest BCUT2D eigenvalue weighted by Gasteiger charge is -2.23. The quantitative estimate of drug-likeness (QED) is 0.871. The van der Waals surface area contributed by atoms with E-state index < -0.39 is 0 Å². The van der Waals surface area contributed by atoms with Crippen LogP contribution in [-0.2, 0) is 14.3 Å². The standard InChI is InChI=1S/C18H23N3O3S/c1-12-9-13(2)16-14(10-12)19-18(25-16)21(6-5-20(3)4)17(22)15-11-23-7-8-24-15/h9-11H,5-8H2,1-4H3/p+1. The van der Waals surface area contributed by atoms with E-state index in [2.05, 4.69) is 40.1 Å². The van der Waals surface area contributed by atoms with Gasteiger partial charge in [0, 0.05) is 0 Å². The molecular formula is C18H24N3O3S+. The van der Waals surface area contributed by atoms with Crippen molar-refractivity contribution >= 4 is 32.6 Å². The number of ether oxygens (including phenoxy) is 2. The summed E-state index contributed by atoms with van der Waals surface area (Å²) in [4.78, 5) is 20.6. The number of benzene rings is 1. The van der Waals surface area contributed by atoms with Crippen LogP contribution in [0.15, 0.2) is 24.2 Å². The molecule has 25 heavy (non-hydrogen) atoms. The Balaban J connectivity index is 1.97. The highest BCUT2D eigenvalue weighted by atomic mass is 32.1. The molecule has 7 heteroatoms. The molecule has 2 heterocycles. The molecule has 0 bridgehead atoms. The van der Waals surface area contributed by atoms with E-state index in [4.69, 9.17) is 14.5 Å². The zero-order chi connectivity index (χ0) is 18.0. The molecule has 1 aliphatic heterocycles. The highest BCUT2D eigenvalue weighted by Gasteiger charge is 2.27. The SMILES string of the molecule is Cc1cc(C)c2sc(N(CC[NH+](C)C)C(=O)C3=COCCO3)nc2c1. The Kier molecular flexibility index (Phi) is 5.24. The number of carbonyl (C=O) groups excluding carboxylic acids is 1. The predicted molar refractivity (Wildman–Crippen MR) is 99.1 cm³/mol. The number of fused-ring (bicyclic) bond motifs is 1. The first-order valence-electron chi connectivity index (χ1n) is 8.39. The summed E-state index contributed by atoms with van der Waals surface area (Å²) in [6.07, 6.45) is 1.41. The minimum atomic E-state index is -0.200.